The number of halogens is 2. The molecule has 3 rings (SSSR count). The highest BCUT2D eigenvalue weighted by Gasteiger charge is 2.15. The summed E-state index contributed by atoms with van der Waals surface area (Å²) in [5, 5.41) is 4.49. The van der Waals surface area contributed by atoms with Crippen molar-refractivity contribution < 1.29 is 9.47 Å². The maximum absolute atomic E-state index is 5.38. The van der Waals surface area contributed by atoms with E-state index in [0.29, 0.717) is 0 Å². The SMILES string of the molecule is COc1cc(-n2cc(N3CCOCC3)cn2)c(I)cc1Br. The van der Waals surface area contributed by atoms with Crippen LogP contribution in [0.1, 0.15) is 0 Å². The number of hydrogen-bond donors (Lipinski definition) is 0. The van der Waals surface area contributed by atoms with E-state index in [4.69, 9.17) is 9.47 Å². The molecule has 0 saturated carbocycles. The highest BCUT2D eigenvalue weighted by molar-refractivity contribution is 14.1. The summed E-state index contributed by atoms with van der Waals surface area (Å²) in [7, 11) is 1.67. The summed E-state index contributed by atoms with van der Waals surface area (Å²) < 4.78 is 14.7. The van der Waals surface area contributed by atoms with Crippen LogP contribution in [0.3, 0.4) is 0 Å². The Bertz CT molecular complexity index is 641. The van der Waals surface area contributed by atoms with Gasteiger partial charge in [-0.3, -0.25) is 0 Å². The van der Waals surface area contributed by atoms with Gasteiger partial charge in [0.2, 0.25) is 0 Å². The van der Waals surface area contributed by atoms with Gasteiger partial charge in [0.05, 0.1) is 48.6 Å². The maximum atomic E-state index is 5.38. The standard InChI is InChI=1S/C14H15BrIN3O2/c1-20-14-7-13(12(16)6-11(14)15)19-9-10(8-17-19)18-2-4-21-5-3-18/h6-9H,2-5H2,1H3. The average Bonchev–Trinajstić information content (AvgIpc) is 2.98. The predicted molar refractivity (Wildman–Crippen MR) is 93.6 cm³/mol. The van der Waals surface area contributed by atoms with E-state index in [0.717, 1.165) is 51.5 Å². The van der Waals surface area contributed by atoms with Crippen molar-refractivity contribution in [2.24, 2.45) is 0 Å². The van der Waals surface area contributed by atoms with Crippen LogP contribution in [0.4, 0.5) is 5.69 Å². The van der Waals surface area contributed by atoms with Crippen LogP contribution in [0, 0.1) is 3.57 Å². The van der Waals surface area contributed by atoms with Crippen molar-refractivity contribution in [2.45, 2.75) is 0 Å². The number of aromatic nitrogens is 2. The summed E-state index contributed by atoms with van der Waals surface area (Å²) in [5.74, 6) is 0.800. The Morgan fingerprint density at radius 2 is 2.10 bits per heavy atom. The summed E-state index contributed by atoms with van der Waals surface area (Å²) in [6, 6.07) is 4.02. The topological polar surface area (TPSA) is 39.5 Å². The average molecular weight is 464 g/mol. The molecule has 1 aromatic carbocycles. The molecule has 1 saturated heterocycles. The van der Waals surface area contributed by atoms with Crippen molar-refractivity contribution in [1.29, 1.82) is 0 Å². The second kappa shape index (κ2) is 6.53. The summed E-state index contributed by atoms with van der Waals surface area (Å²) in [4.78, 5) is 2.29. The van der Waals surface area contributed by atoms with Crippen LogP contribution >= 0.6 is 38.5 Å². The van der Waals surface area contributed by atoms with Gasteiger partial charge in [-0.2, -0.15) is 5.10 Å². The maximum Gasteiger partial charge on any atom is 0.135 e. The van der Waals surface area contributed by atoms with Crippen molar-refractivity contribution in [3.63, 3.8) is 0 Å². The lowest BCUT2D eigenvalue weighted by atomic mass is 10.3. The molecule has 7 heteroatoms. The molecule has 0 radical (unpaired) electrons. The van der Waals surface area contributed by atoms with Gasteiger partial charge in [-0.15, -0.1) is 0 Å². The Kier molecular flexibility index (Phi) is 4.70. The smallest absolute Gasteiger partial charge is 0.135 e. The molecule has 0 amide bonds. The Morgan fingerprint density at radius 3 is 2.81 bits per heavy atom. The van der Waals surface area contributed by atoms with Gasteiger partial charge >= 0.3 is 0 Å². The van der Waals surface area contributed by atoms with Gasteiger partial charge in [-0.25, -0.2) is 4.68 Å². The molecule has 0 aliphatic carbocycles. The van der Waals surface area contributed by atoms with Crippen LogP contribution in [0.15, 0.2) is 29.0 Å². The largest absolute Gasteiger partial charge is 0.495 e. The number of benzene rings is 1. The summed E-state index contributed by atoms with van der Waals surface area (Å²) in [5.41, 5.74) is 2.13. The van der Waals surface area contributed by atoms with E-state index in [-0.39, 0.29) is 0 Å². The number of ether oxygens (including phenoxy) is 2. The molecule has 21 heavy (non-hydrogen) atoms. The Hall–Kier alpha value is -0.800. The molecule has 1 fully saturated rings. The number of hydrogen-bond acceptors (Lipinski definition) is 4. The van der Waals surface area contributed by atoms with Gasteiger partial charge in [0.1, 0.15) is 5.75 Å². The number of anilines is 1. The third kappa shape index (κ3) is 3.19. The fourth-order valence-electron chi connectivity index (χ4n) is 2.28. The van der Waals surface area contributed by atoms with Crippen molar-refractivity contribution in [3.8, 4) is 11.4 Å². The van der Waals surface area contributed by atoms with E-state index >= 15 is 0 Å². The second-order valence-electron chi connectivity index (χ2n) is 4.68. The zero-order chi connectivity index (χ0) is 14.8. The van der Waals surface area contributed by atoms with E-state index in [9.17, 15) is 0 Å². The molecule has 0 unspecified atom stereocenters. The predicted octanol–water partition coefficient (Wildman–Crippen LogP) is 3.08. The monoisotopic (exact) mass is 463 g/mol. The molecule has 2 heterocycles. The van der Waals surface area contributed by atoms with Crippen LogP contribution in [0.5, 0.6) is 5.75 Å². The van der Waals surface area contributed by atoms with Gasteiger partial charge in [0.25, 0.3) is 0 Å². The molecule has 1 aliphatic heterocycles. The van der Waals surface area contributed by atoms with E-state index in [1.165, 1.54) is 0 Å². The van der Waals surface area contributed by atoms with Gasteiger partial charge in [-0.1, -0.05) is 0 Å². The lowest BCUT2D eigenvalue weighted by Crippen LogP contribution is -2.35. The van der Waals surface area contributed by atoms with Crippen molar-refractivity contribution >= 4 is 44.2 Å². The summed E-state index contributed by atoms with van der Waals surface area (Å²) >= 11 is 5.81. The Labute approximate surface area is 145 Å². The minimum Gasteiger partial charge on any atom is -0.495 e. The summed E-state index contributed by atoms with van der Waals surface area (Å²) in [6.07, 6.45) is 3.95. The minimum atomic E-state index is 0.773. The van der Waals surface area contributed by atoms with Gasteiger partial charge in [0, 0.05) is 22.7 Å². The molecule has 0 spiro atoms. The molecule has 1 aliphatic rings. The number of methoxy groups -OCH3 is 1. The first kappa shape index (κ1) is 15.1. The van der Waals surface area contributed by atoms with Crippen molar-refractivity contribution in [1.82, 2.24) is 9.78 Å². The first-order valence-electron chi connectivity index (χ1n) is 6.60. The molecule has 112 valence electrons. The lowest BCUT2D eigenvalue weighted by molar-refractivity contribution is 0.122. The van der Waals surface area contributed by atoms with Gasteiger partial charge in [0.15, 0.2) is 0 Å². The Balaban J connectivity index is 1.92. The second-order valence-corrected chi connectivity index (χ2v) is 6.70. The first-order valence-corrected chi connectivity index (χ1v) is 8.47. The summed E-state index contributed by atoms with van der Waals surface area (Å²) in [6.45, 7) is 3.36. The molecule has 0 N–H and O–H groups in total. The lowest BCUT2D eigenvalue weighted by Gasteiger charge is -2.27. The van der Waals surface area contributed by atoms with E-state index < -0.39 is 0 Å². The molecule has 2 aromatic rings. The third-order valence-electron chi connectivity index (χ3n) is 3.41. The van der Waals surface area contributed by atoms with E-state index in [1.54, 1.807) is 7.11 Å². The van der Waals surface area contributed by atoms with Crippen LogP contribution in [0.25, 0.3) is 5.69 Å². The molecule has 0 atom stereocenters. The first-order chi connectivity index (χ1) is 10.2. The highest BCUT2D eigenvalue weighted by Crippen LogP contribution is 2.31. The third-order valence-corrected chi connectivity index (χ3v) is 4.90. The van der Waals surface area contributed by atoms with Gasteiger partial charge < -0.3 is 14.4 Å². The minimum absolute atomic E-state index is 0.773. The normalized spacial score (nSPS) is 15.3. The molecule has 5 nitrogen and oxygen atoms in total. The van der Waals surface area contributed by atoms with E-state index in [1.807, 2.05) is 23.0 Å². The molecule has 0 bridgehead atoms. The van der Waals surface area contributed by atoms with Crippen LogP contribution < -0.4 is 9.64 Å². The zero-order valence-corrected chi connectivity index (χ0v) is 15.3. The van der Waals surface area contributed by atoms with Crippen molar-refractivity contribution in [3.05, 3.63) is 32.6 Å². The van der Waals surface area contributed by atoms with Crippen LogP contribution in [0.2, 0.25) is 0 Å². The highest BCUT2D eigenvalue weighted by atomic mass is 127. The quantitative estimate of drug-likeness (QED) is 0.656. The number of morpholine rings is 1. The van der Waals surface area contributed by atoms with Gasteiger partial charge in [-0.05, 0) is 44.6 Å². The number of rotatable bonds is 3. The van der Waals surface area contributed by atoms with Crippen LogP contribution in [-0.4, -0.2) is 43.2 Å². The van der Waals surface area contributed by atoms with Crippen LogP contribution in [-0.2, 0) is 4.74 Å². The fourth-order valence-corrected chi connectivity index (χ4v) is 3.93. The number of nitrogens with zero attached hydrogens (tertiary/aromatic N) is 3. The fraction of sp³-hybridized carbons (Fsp3) is 0.357. The van der Waals surface area contributed by atoms with Crippen molar-refractivity contribution in [2.75, 3.05) is 38.3 Å². The Morgan fingerprint density at radius 1 is 1.33 bits per heavy atom. The van der Waals surface area contributed by atoms with E-state index in [2.05, 4.69) is 54.7 Å². The zero-order valence-electron chi connectivity index (χ0n) is 11.6. The molecular formula is C14H15BrIN3O2. The molecule has 1 aromatic heterocycles. The molecular weight excluding hydrogens is 449 g/mol.